The van der Waals surface area contributed by atoms with Crippen LogP contribution in [0.5, 0.6) is 5.75 Å². The number of aromatic hydroxyl groups is 1. The maximum absolute atomic E-state index is 9.41. The molecule has 2 N–H and O–H groups in total. The lowest BCUT2D eigenvalue weighted by Crippen LogP contribution is -2.16. The molecule has 0 unspecified atom stereocenters. The Morgan fingerprint density at radius 2 is 2.05 bits per heavy atom. The first-order valence-electron chi connectivity index (χ1n) is 6.53. The van der Waals surface area contributed by atoms with Crippen LogP contribution in [0.25, 0.3) is 0 Å². The van der Waals surface area contributed by atoms with Gasteiger partial charge in [-0.1, -0.05) is 32.4 Å². The van der Waals surface area contributed by atoms with E-state index in [1.54, 1.807) is 18.2 Å². The van der Waals surface area contributed by atoms with Gasteiger partial charge in [0.25, 0.3) is 0 Å². The summed E-state index contributed by atoms with van der Waals surface area (Å²) >= 11 is 5.90. The van der Waals surface area contributed by atoms with E-state index < -0.39 is 0 Å². The maximum Gasteiger partial charge on any atom is 0.134 e. The van der Waals surface area contributed by atoms with Gasteiger partial charge in [-0.25, -0.2) is 0 Å². The van der Waals surface area contributed by atoms with Crippen LogP contribution in [0.2, 0.25) is 5.02 Å². The van der Waals surface area contributed by atoms with Crippen LogP contribution < -0.4 is 5.32 Å². The van der Waals surface area contributed by atoms with E-state index in [2.05, 4.69) is 31.2 Å². The van der Waals surface area contributed by atoms with Gasteiger partial charge in [0, 0.05) is 36.5 Å². The third-order valence-corrected chi connectivity index (χ3v) is 3.35. The third-order valence-electron chi connectivity index (χ3n) is 3.05. The van der Waals surface area contributed by atoms with Crippen molar-refractivity contribution in [3.63, 3.8) is 0 Å². The summed E-state index contributed by atoms with van der Waals surface area (Å²) in [7, 11) is 1.93. The van der Waals surface area contributed by atoms with E-state index in [0.717, 1.165) is 16.9 Å². The van der Waals surface area contributed by atoms with Gasteiger partial charge in [-0.05, 0) is 18.2 Å². The molecule has 0 fully saturated rings. The summed E-state index contributed by atoms with van der Waals surface area (Å²) in [6.07, 6.45) is 2.02. The predicted molar refractivity (Wildman–Crippen MR) is 82.4 cm³/mol. The van der Waals surface area contributed by atoms with Gasteiger partial charge in [0.05, 0.1) is 10.7 Å². The highest BCUT2D eigenvalue weighted by Gasteiger charge is 2.21. The molecule has 2 aromatic rings. The SMILES string of the molecule is Cn1cc(CNc2ccc(O)c(Cl)c2)c(C(C)(C)C)n1. The number of aryl methyl sites for hydroxylation is 1. The molecular weight excluding hydrogens is 274 g/mol. The van der Waals surface area contributed by atoms with Gasteiger partial charge >= 0.3 is 0 Å². The van der Waals surface area contributed by atoms with Gasteiger partial charge in [0.2, 0.25) is 0 Å². The minimum Gasteiger partial charge on any atom is -0.506 e. The van der Waals surface area contributed by atoms with Crippen molar-refractivity contribution < 1.29 is 5.11 Å². The van der Waals surface area contributed by atoms with Crippen LogP contribution in [0.4, 0.5) is 5.69 Å². The van der Waals surface area contributed by atoms with E-state index in [4.69, 9.17) is 11.6 Å². The summed E-state index contributed by atoms with van der Waals surface area (Å²) < 4.78 is 1.83. The number of nitrogens with one attached hydrogen (secondary N) is 1. The van der Waals surface area contributed by atoms with Crippen molar-refractivity contribution in [2.45, 2.75) is 32.7 Å². The number of phenols is 1. The second-order valence-electron chi connectivity index (χ2n) is 5.95. The highest BCUT2D eigenvalue weighted by Crippen LogP contribution is 2.28. The van der Waals surface area contributed by atoms with Crippen molar-refractivity contribution >= 4 is 17.3 Å². The summed E-state index contributed by atoms with van der Waals surface area (Å²) in [6.45, 7) is 7.12. The van der Waals surface area contributed by atoms with E-state index in [-0.39, 0.29) is 11.2 Å². The summed E-state index contributed by atoms with van der Waals surface area (Å²) in [5, 5.41) is 17.6. The summed E-state index contributed by atoms with van der Waals surface area (Å²) in [4.78, 5) is 0. The molecule has 2 rings (SSSR count). The Hall–Kier alpha value is -1.68. The zero-order valence-corrected chi connectivity index (χ0v) is 13.0. The molecule has 0 saturated heterocycles. The van der Waals surface area contributed by atoms with Crippen molar-refractivity contribution in [3.8, 4) is 5.75 Å². The van der Waals surface area contributed by atoms with Crippen molar-refractivity contribution in [1.29, 1.82) is 0 Å². The molecule has 4 nitrogen and oxygen atoms in total. The van der Waals surface area contributed by atoms with E-state index in [1.165, 1.54) is 0 Å². The van der Waals surface area contributed by atoms with Gasteiger partial charge in [-0.3, -0.25) is 4.68 Å². The zero-order chi connectivity index (χ0) is 14.9. The molecule has 108 valence electrons. The van der Waals surface area contributed by atoms with Crippen LogP contribution in [0.3, 0.4) is 0 Å². The average Bonchev–Trinajstić information content (AvgIpc) is 2.72. The summed E-state index contributed by atoms with van der Waals surface area (Å²) in [5.74, 6) is 0.0916. The lowest BCUT2D eigenvalue weighted by Gasteiger charge is -2.18. The first kappa shape index (κ1) is 14.7. The number of halogens is 1. The molecule has 0 bridgehead atoms. The Morgan fingerprint density at radius 1 is 1.35 bits per heavy atom. The number of phenolic OH excluding ortho intramolecular Hbond substituents is 1. The lowest BCUT2D eigenvalue weighted by molar-refractivity contribution is 0.475. The van der Waals surface area contributed by atoms with Crippen molar-refractivity contribution in [1.82, 2.24) is 9.78 Å². The highest BCUT2D eigenvalue weighted by atomic mass is 35.5. The Labute approximate surface area is 124 Å². The smallest absolute Gasteiger partial charge is 0.134 e. The zero-order valence-electron chi connectivity index (χ0n) is 12.2. The van der Waals surface area contributed by atoms with E-state index >= 15 is 0 Å². The van der Waals surface area contributed by atoms with Gasteiger partial charge in [0.1, 0.15) is 5.75 Å². The number of aromatic nitrogens is 2. The fraction of sp³-hybridized carbons (Fsp3) is 0.400. The number of hydrogen-bond acceptors (Lipinski definition) is 3. The lowest BCUT2D eigenvalue weighted by atomic mass is 9.89. The highest BCUT2D eigenvalue weighted by molar-refractivity contribution is 6.32. The molecule has 0 aliphatic carbocycles. The number of nitrogens with zero attached hydrogens (tertiary/aromatic N) is 2. The quantitative estimate of drug-likeness (QED) is 0.849. The molecule has 0 amide bonds. The van der Waals surface area contributed by atoms with Gasteiger partial charge < -0.3 is 10.4 Å². The van der Waals surface area contributed by atoms with Crippen LogP contribution in [0, 0.1) is 0 Å². The van der Waals surface area contributed by atoms with Gasteiger partial charge in [-0.15, -0.1) is 0 Å². The number of anilines is 1. The Morgan fingerprint density at radius 3 is 2.65 bits per heavy atom. The van der Waals surface area contributed by atoms with Crippen LogP contribution in [0.1, 0.15) is 32.0 Å². The number of rotatable bonds is 3. The first-order valence-corrected chi connectivity index (χ1v) is 6.90. The van der Waals surface area contributed by atoms with E-state index in [0.29, 0.717) is 11.6 Å². The summed E-state index contributed by atoms with van der Waals surface area (Å²) in [6, 6.07) is 5.09. The first-order chi connectivity index (χ1) is 9.27. The second-order valence-corrected chi connectivity index (χ2v) is 6.35. The molecule has 1 heterocycles. The van der Waals surface area contributed by atoms with E-state index in [1.807, 2.05) is 17.9 Å². The molecule has 5 heteroatoms. The number of benzene rings is 1. The molecule has 0 atom stereocenters. The Balaban J connectivity index is 2.17. The molecule has 0 radical (unpaired) electrons. The van der Waals surface area contributed by atoms with Crippen molar-refractivity contribution in [2.75, 3.05) is 5.32 Å². The Bertz CT molecular complexity index is 614. The van der Waals surface area contributed by atoms with E-state index in [9.17, 15) is 5.11 Å². The third kappa shape index (κ3) is 3.25. The normalized spacial score (nSPS) is 11.7. The monoisotopic (exact) mass is 293 g/mol. The minimum absolute atomic E-state index is 0.00484. The van der Waals surface area contributed by atoms with Crippen LogP contribution in [0.15, 0.2) is 24.4 Å². The van der Waals surface area contributed by atoms with Crippen LogP contribution in [-0.2, 0) is 19.0 Å². The molecule has 1 aromatic carbocycles. The Kier molecular flexibility index (Phi) is 3.95. The van der Waals surface area contributed by atoms with Gasteiger partial charge in [-0.2, -0.15) is 5.10 Å². The molecule has 0 aliphatic heterocycles. The van der Waals surface area contributed by atoms with Crippen molar-refractivity contribution in [2.24, 2.45) is 7.05 Å². The molecular formula is C15H20ClN3O. The average molecular weight is 294 g/mol. The van der Waals surface area contributed by atoms with Crippen LogP contribution >= 0.6 is 11.6 Å². The molecule has 1 aromatic heterocycles. The minimum atomic E-state index is 0.00484. The maximum atomic E-state index is 9.41. The predicted octanol–water partition coefficient (Wildman–Crippen LogP) is 3.69. The van der Waals surface area contributed by atoms with Crippen molar-refractivity contribution in [3.05, 3.63) is 40.7 Å². The molecule has 0 spiro atoms. The summed E-state index contributed by atoms with van der Waals surface area (Å²) in [5.41, 5.74) is 3.11. The van der Waals surface area contributed by atoms with Crippen LogP contribution in [-0.4, -0.2) is 14.9 Å². The van der Waals surface area contributed by atoms with Gasteiger partial charge in [0.15, 0.2) is 0 Å². The molecule has 0 aliphatic rings. The fourth-order valence-electron chi connectivity index (χ4n) is 2.11. The second kappa shape index (κ2) is 5.37. The standard InChI is InChI=1S/C15H20ClN3O/c1-15(2,3)14-10(9-19(4)18-14)8-17-11-5-6-13(20)12(16)7-11/h5-7,9,17,20H,8H2,1-4H3. The topological polar surface area (TPSA) is 50.1 Å². The molecule has 20 heavy (non-hydrogen) atoms. The molecule has 0 saturated carbocycles. The largest absolute Gasteiger partial charge is 0.506 e. The number of hydrogen-bond donors (Lipinski definition) is 2. The fourth-order valence-corrected chi connectivity index (χ4v) is 2.29.